The van der Waals surface area contributed by atoms with Gasteiger partial charge in [-0.1, -0.05) is 0 Å². The summed E-state index contributed by atoms with van der Waals surface area (Å²) in [5.41, 5.74) is 0.411. The maximum absolute atomic E-state index is 12.4. The van der Waals surface area contributed by atoms with Crippen molar-refractivity contribution in [2.45, 2.75) is 33.4 Å². The van der Waals surface area contributed by atoms with Crippen molar-refractivity contribution in [3.8, 4) is 5.88 Å². The number of aryl methyl sites for hydroxylation is 1. The molecule has 0 spiro atoms. The third-order valence-electron chi connectivity index (χ3n) is 2.98. The molecule has 0 unspecified atom stereocenters. The van der Waals surface area contributed by atoms with Crippen molar-refractivity contribution in [3.63, 3.8) is 0 Å². The largest absolute Gasteiger partial charge is 0.477 e. The molecule has 112 valence electrons. The maximum atomic E-state index is 12.4. The van der Waals surface area contributed by atoms with E-state index in [4.69, 9.17) is 4.74 Å². The molecule has 21 heavy (non-hydrogen) atoms. The van der Waals surface area contributed by atoms with Gasteiger partial charge in [0.05, 0.1) is 12.6 Å². The molecule has 0 aliphatic carbocycles. The molecule has 0 bridgehead atoms. The lowest BCUT2D eigenvalue weighted by atomic mass is 10.2. The molecule has 2 heterocycles. The molecule has 1 amide bonds. The van der Waals surface area contributed by atoms with E-state index < -0.39 is 0 Å². The lowest BCUT2D eigenvalue weighted by Gasteiger charge is -2.15. The Morgan fingerprint density at radius 3 is 2.95 bits per heavy atom. The molecule has 2 aromatic heterocycles. The number of carbonyl (C=O) groups excluding carboxylic acids is 1. The summed E-state index contributed by atoms with van der Waals surface area (Å²) in [7, 11) is 0. The first-order valence-corrected chi connectivity index (χ1v) is 6.93. The fourth-order valence-corrected chi connectivity index (χ4v) is 2.01. The Bertz CT molecular complexity index is 611. The van der Waals surface area contributed by atoms with Crippen molar-refractivity contribution in [1.29, 1.82) is 0 Å². The predicted molar refractivity (Wildman–Crippen MR) is 77.0 cm³/mol. The fraction of sp³-hybridized carbons (Fsp3) is 0.429. The zero-order chi connectivity index (χ0) is 15.2. The van der Waals surface area contributed by atoms with Crippen LogP contribution in [0, 0.1) is 0 Å². The van der Waals surface area contributed by atoms with Crippen LogP contribution in [0.3, 0.4) is 0 Å². The van der Waals surface area contributed by atoms with Gasteiger partial charge in [-0.3, -0.25) is 4.79 Å². The molecule has 2 aromatic rings. The molecule has 0 saturated carbocycles. The molecule has 0 aliphatic rings. The summed E-state index contributed by atoms with van der Waals surface area (Å²) >= 11 is 0. The van der Waals surface area contributed by atoms with Gasteiger partial charge in [-0.05, 0) is 32.9 Å². The Balaban J connectivity index is 2.14. The first-order chi connectivity index (χ1) is 10.2. The first-order valence-electron chi connectivity index (χ1n) is 6.93. The highest BCUT2D eigenvalue weighted by Gasteiger charge is 2.19. The van der Waals surface area contributed by atoms with Crippen LogP contribution in [0.25, 0.3) is 0 Å². The van der Waals surface area contributed by atoms with Crippen molar-refractivity contribution < 1.29 is 9.53 Å². The van der Waals surface area contributed by atoms with Gasteiger partial charge >= 0.3 is 0 Å². The van der Waals surface area contributed by atoms with Crippen LogP contribution < -0.4 is 10.1 Å². The second-order valence-corrected chi connectivity index (χ2v) is 4.42. The van der Waals surface area contributed by atoms with Gasteiger partial charge in [0.15, 0.2) is 0 Å². The zero-order valence-electron chi connectivity index (χ0n) is 12.4. The number of hydrogen-bond acceptors (Lipinski definition) is 5. The second-order valence-electron chi connectivity index (χ2n) is 4.42. The molecule has 1 N–H and O–H groups in total. The molecule has 2 rings (SSSR count). The van der Waals surface area contributed by atoms with E-state index in [0.717, 1.165) is 0 Å². The Morgan fingerprint density at radius 1 is 1.43 bits per heavy atom. The van der Waals surface area contributed by atoms with Crippen LogP contribution >= 0.6 is 0 Å². The molecule has 0 aliphatic heterocycles. The summed E-state index contributed by atoms with van der Waals surface area (Å²) in [4.78, 5) is 20.6. The van der Waals surface area contributed by atoms with E-state index in [1.807, 2.05) is 20.8 Å². The van der Waals surface area contributed by atoms with Crippen LogP contribution in [0.1, 0.15) is 43.0 Å². The van der Waals surface area contributed by atoms with Gasteiger partial charge in [0.25, 0.3) is 5.91 Å². The fourth-order valence-electron chi connectivity index (χ4n) is 2.01. The average molecular weight is 289 g/mol. The van der Waals surface area contributed by atoms with E-state index in [2.05, 4.69) is 20.4 Å². The van der Waals surface area contributed by atoms with Gasteiger partial charge < -0.3 is 10.1 Å². The summed E-state index contributed by atoms with van der Waals surface area (Å²) in [6.07, 6.45) is 3.08. The summed E-state index contributed by atoms with van der Waals surface area (Å²) in [5, 5.41) is 6.99. The van der Waals surface area contributed by atoms with E-state index in [9.17, 15) is 4.79 Å². The third kappa shape index (κ3) is 3.36. The Morgan fingerprint density at radius 2 is 2.24 bits per heavy atom. The van der Waals surface area contributed by atoms with E-state index in [1.54, 1.807) is 23.0 Å². The number of aromatic nitrogens is 4. The van der Waals surface area contributed by atoms with Crippen LogP contribution in [0.4, 0.5) is 0 Å². The monoisotopic (exact) mass is 289 g/mol. The number of hydrogen-bond donors (Lipinski definition) is 1. The van der Waals surface area contributed by atoms with E-state index in [1.165, 1.54) is 6.33 Å². The van der Waals surface area contributed by atoms with Gasteiger partial charge in [-0.25, -0.2) is 14.6 Å². The van der Waals surface area contributed by atoms with Crippen LogP contribution in [-0.2, 0) is 6.54 Å². The van der Waals surface area contributed by atoms with Crippen LogP contribution in [-0.4, -0.2) is 32.3 Å². The number of pyridine rings is 1. The summed E-state index contributed by atoms with van der Waals surface area (Å²) in [6, 6.07) is 3.14. The minimum absolute atomic E-state index is 0.246. The first kappa shape index (κ1) is 15.0. The summed E-state index contributed by atoms with van der Waals surface area (Å²) in [6.45, 7) is 6.85. The summed E-state index contributed by atoms with van der Waals surface area (Å²) in [5.74, 6) is 0.805. The molecule has 7 heteroatoms. The van der Waals surface area contributed by atoms with Crippen molar-refractivity contribution >= 4 is 5.91 Å². The highest BCUT2D eigenvalue weighted by Crippen LogP contribution is 2.16. The number of rotatable bonds is 6. The SMILES string of the molecule is CCOc1ncccc1C(=O)N[C@H](C)c1ncnn1CC. The van der Waals surface area contributed by atoms with E-state index in [0.29, 0.717) is 30.4 Å². The molecule has 0 aromatic carbocycles. The van der Waals surface area contributed by atoms with E-state index >= 15 is 0 Å². The number of ether oxygens (including phenoxy) is 1. The molecule has 1 atom stereocenters. The smallest absolute Gasteiger partial charge is 0.257 e. The molecular formula is C14H19N5O2. The van der Waals surface area contributed by atoms with Crippen LogP contribution in [0.2, 0.25) is 0 Å². The number of nitrogens with zero attached hydrogens (tertiary/aromatic N) is 4. The molecule has 7 nitrogen and oxygen atoms in total. The minimum Gasteiger partial charge on any atom is -0.477 e. The maximum Gasteiger partial charge on any atom is 0.257 e. The number of nitrogens with one attached hydrogen (secondary N) is 1. The Hall–Kier alpha value is -2.44. The van der Waals surface area contributed by atoms with Crippen LogP contribution in [0.15, 0.2) is 24.7 Å². The van der Waals surface area contributed by atoms with Crippen LogP contribution in [0.5, 0.6) is 5.88 Å². The number of carbonyl (C=O) groups is 1. The lowest BCUT2D eigenvalue weighted by Crippen LogP contribution is -2.29. The lowest BCUT2D eigenvalue weighted by molar-refractivity contribution is 0.0932. The average Bonchev–Trinajstić information content (AvgIpc) is 2.96. The standard InChI is InChI=1S/C14H19N5O2/c1-4-19-12(16-9-17-19)10(3)18-13(20)11-7-6-8-15-14(11)21-5-2/h6-10H,4-5H2,1-3H3,(H,18,20)/t10-/m1/s1. The highest BCUT2D eigenvalue weighted by atomic mass is 16.5. The summed E-state index contributed by atoms with van der Waals surface area (Å²) < 4.78 is 7.12. The molecular weight excluding hydrogens is 270 g/mol. The minimum atomic E-state index is -0.255. The normalized spacial score (nSPS) is 12.0. The molecule has 0 saturated heterocycles. The third-order valence-corrected chi connectivity index (χ3v) is 2.98. The van der Waals surface area contributed by atoms with Crippen molar-refractivity contribution in [2.24, 2.45) is 0 Å². The Labute approximate surface area is 123 Å². The van der Waals surface area contributed by atoms with Gasteiger partial charge in [-0.15, -0.1) is 0 Å². The number of amides is 1. The van der Waals surface area contributed by atoms with Gasteiger partial charge in [0, 0.05) is 12.7 Å². The second kappa shape index (κ2) is 6.83. The Kier molecular flexibility index (Phi) is 4.86. The highest BCUT2D eigenvalue weighted by molar-refractivity contribution is 5.96. The molecule has 0 radical (unpaired) electrons. The zero-order valence-corrected chi connectivity index (χ0v) is 12.4. The predicted octanol–water partition coefficient (Wildman–Crippen LogP) is 1.58. The van der Waals surface area contributed by atoms with Crippen molar-refractivity contribution in [3.05, 3.63) is 36.0 Å². The van der Waals surface area contributed by atoms with Crippen molar-refractivity contribution in [1.82, 2.24) is 25.1 Å². The van der Waals surface area contributed by atoms with Crippen molar-refractivity contribution in [2.75, 3.05) is 6.61 Å². The van der Waals surface area contributed by atoms with Gasteiger partial charge in [-0.2, -0.15) is 5.10 Å². The van der Waals surface area contributed by atoms with Gasteiger partial charge in [0.1, 0.15) is 17.7 Å². The van der Waals surface area contributed by atoms with Gasteiger partial charge in [0.2, 0.25) is 5.88 Å². The van der Waals surface area contributed by atoms with E-state index in [-0.39, 0.29) is 11.9 Å². The quantitative estimate of drug-likeness (QED) is 0.873. The topological polar surface area (TPSA) is 81.9 Å². The molecule has 0 fully saturated rings.